The minimum atomic E-state index is 0.697. The number of benzene rings is 1. The highest BCUT2D eigenvalue weighted by molar-refractivity contribution is 6.30. The van der Waals surface area contributed by atoms with E-state index >= 15 is 0 Å². The second kappa shape index (κ2) is 5.18. The quantitative estimate of drug-likeness (QED) is 0.812. The molecule has 0 atom stereocenters. The van der Waals surface area contributed by atoms with Gasteiger partial charge >= 0.3 is 0 Å². The molecule has 1 aromatic rings. The van der Waals surface area contributed by atoms with Crippen LogP contribution in [0.3, 0.4) is 0 Å². The SMILES string of the molecule is Cc1cc(Cl)cc(C)c1C=CCCN. The first kappa shape index (κ1) is 11.3. The topological polar surface area (TPSA) is 26.0 Å². The van der Waals surface area contributed by atoms with E-state index in [0.29, 0.717) is 6.54 Å². The van der Waals surface area contributed by atoms with Gasteiger partial charge in [0.15, 0.2) is 0 Å². The summed E-state index contributed by atoms with van der Waals surface area (Å²) in [6.07, 6.45) is 5.14. The molecule has 0 bridgehead atoms. The molecule has 14 heavy (non-hydrogen) atoms. The van der Waals surface area contributed by atoms with Gasteiger partial charge in [-0.2, -0.15) is 0 Å². The monoisotopic (exact) mass is 209 g/mol. The van der Waals surface area contributed by atoms with Crippen molar-refractivity contribution in [1.82, 2.24) is 0 Å². The molecule has 0 unspecified atom stereocenters. The fourth-order valence-corrected chi connectivity index (χ4v) is 1.81. The van der Waals surface area contributed by atoms with Crippen molar-refractivity contribution >= 4 is 17.7 Å². The highest BCUT2D eigenvalue weighted by atomic mass is 35.5. The molecule has 2 heteroatoms. The van der Waals surface area contributed by atoms with Gasteiger partial charge < -0.3 is 5.73 Å². The molecule has 0 saturated heterocycles. The van der Waals surface area contributed by atoms with E-state index in [1.165, 1.54) is 16.7 Å². The van der Waals surface area contributed by atoms with E-state index in [-0.39, 0.29) is 0 Å². The van der Waals surface area contributed by atoms with E-state index in [1.807, 2.05) is 12.1 Å². The van der Waals surface area contributed by atoms with E-state index < -0.39 is 0 Å². The summed E-state index contributed by atoms with van der Waals surface area (Å²) in [6.45, 7) is 4.84. The molecule has 76 valence electrons. The minimum absolute atomic E-state index is 0.697. The van der Waals surface area contributed by atoms with E-state index in [2.05, 4.69) is 26.0 Å². The molecular formula is C12H16ClN. The Balaban J connectivity index is 2.96. The Hall–Kier alpha value is -0.790. The van der Waals surface area contributed by atoms with E-state index in [4.69, 9.17) is 17.3 Å². The van der Waals surface area contributed by atoms with Crippen molar-refractivity contribution < 1.29 is 0 Å². The molecule has 2 N–H and O–H groups in total. The van der Waals surface area contributed by atoms with E-state index in [9.17, 15) is 0 Å². The van der Waals surface area contributed by atoms with Crippen LogP contribution in [0.1, 0.15) is 23.1 Å². The van der Waals surface area contributed by atoms with Gasteiger partial charge in [0.05, 0.1) is 0 Å². The Labute approximate surface area is 90.6 Å². The maximum absolute atomic E-state index is 5.94. The van der Waals surface area contributed by atoms with Crippen molar-refractivity contribution in [3.63, 3.8) is 0 Å². The number of hydrogen-bond acceptors (Lipinski definition) is 1. The highest BCUT2D eigenvalue weighted by Crippen LogP contribution is 2.21. The number of halogens is 1. The fourth-order valence-electron chi connectivity index (χ4n) is 1.48. The maximum Gasteiger partial charge on any atom is 0.0411 e. The molecule has 1 rings (SSSR count). The second-order valence-electron chi connectivity index (χ2n) is 3.43. The molecule has 1 nitrogen and oxygen atoms in total. The Bertz CT molecular complexity index is 319. The van der Waals surface area contributed by atoms with Gasteiger partial charge in [-0.05, 0) is 55.6 Å². The summed E-state index contributed by atoms with van der Waals surface area (Å²) in [6, 6.07) is 3.97. The molecule has 0 aliphatic carbocycles. The molecule has 0 radical (unpaired) electrons. The standard InChI is InChI=1S/C12H16ClN/c1-9-7-11(13)8-10(2)12(9)5-3-4-6-14/h3,5,7-8H,4,6,14H2,1-2H3. The highest BCUT2D eigenvalue weighted by Gasteiger charge is 2.00. The maximum atomic E-state index is 5.94. The summed E-state index contributed by atoms with van der Waals surface area (Å²) in [5.74, 6) is 0. The van der Waals surface area contributed by atoms with Crippen molar-refractivity contribution in [3.05, 3.63) is 39.9 Å². The lowest BCUT2D eigenvalue weighted by molar-refractivity contribution is 1.01. The molecular weight excluding hydrogens is 194 g/mol. The van der Waals surface area contributed by atoms with Crippen molar-refractivity contribution in [2.45, 2.75) is 20.3 Å². The zero-order valence-electron chi connectivity index (χ0n) is 8.68. The average Bonchev–Trinajstić information content (AvgIpc) is 2.09. The fraction of sp³-hybridized carbons (Fsp3) is 0.333. The average molecular weight is 210 g/mol. The van der Waals surface area contributed by atoms with Gasteiger partial charge in [-0.3, -0.25) is 0 Å². The number of nitrogens with two attached hydrogens (primary N) is 1. The Morgan fingerprint density at radius 1 is 1.29 bits per heavy atom. The van der Waals surface area contributed by atoms with Crippen molar-refractivity contribution in [1.29, 1.82) is 0 Å². The summed E-state index contributed by atoms with van der Waals surface area (Å²) < 4.78 is 0. The third kappa shape index (κ3) is 2.86. The number of hydrogen-bond donors (Lipinski definition) is 1. The van der Waals surface area contributed by atoms with Crippen LogP contribution < -0.4 is 5.73 Å². The van der Waals surface area contributed by atoms with Gasteiger partial charge in [0.2, 0.25) is 0 Å². The zero-order chi connectivity index (χ0) is 10.6. The lowest BCUT2D eigenvalue weighted by Crippen LogP contribution is -1.95. The Morgan fingerprint density at radius 3 is 2.36 bits per heavy atom. The van der Waals surface area contributed by atoms with Crippen LogP contribution in [0.2, 0.25) is 5.02 Å². The van der Waals surface area contributed by atoms with Crippen LogP contribution in [0, 0.1) is 13.8 Å². The lowest BCUT2D eigenvalue weighted by atomic mass is 10.0. The number of rotatable bonds is 3. The largest absolute Gasteiger partial charge is 0.330 e. The molecule has 0 fully saturated rings. The third-order valence-electron chi connectivity index (χ3n) is 2.18. The molecule has 0 aliphatic heterocycles. The van der Waals surface area contributed by atoms with Crippen LogP contribution in [-0.4, -0.2) is 6.54 Å². The van der Waals surface area contributed by atoms with Gasteiger partial charge in [0.25, 0.3) is 0 Å². The smallest absolute Gasteiger partial charge is 0.0411 e. The van der Waals surface area contributed by atoms with E-state index in [1.54, 1.807) is 0 Å². The molecule has 0 spiro atoms. The van der Waals surface area contributed by atoms with Crippen LogP contribution in [-0.2, 0) is 0 Å². The molecule has 0 saturated carbocycles. The molecule has 0 aromatic heterocycles. The summed E-state index contributed by atoms with van der Waals surface area (Å²) in [5, 5.41) is 0.802. The summed E-state index contributed by atoms with van der Waals surface area (Å²) in [4.78, 5) is 0. The van der Waals surface area contributed by atoms with Crippen LogP contribution >= 0.6 is 11.6 Å². The molecule has 0 amide bonds. The predicted octanol–water partition coefficient (Wildman–Crippen LogP) is 3.32. The summed E-state index contributed by atoms with van der Waals surface area (Å²) in [7, 11) is 0. The Kier molecular flexibility index (Phi) is 4.18. The first-order valence-corrected chi connectivity index (χ1v) is 5.16. The summed E-state index contributed by atoms with van der Waals surface area (Å²) in [5.41, 5.74) is 9.10. The molecule has 1 aromatic carbocycles. The second-order valence-corrected chi connectivity index (χ2v) is 3.87. The van der Waals surface area contributed by atoms with Crippen LogP contribution in [0.15, 0.2) is 18.2 Å². The van der Waals surface area contributed by atoms with Gasteiger partial charge in [-0.1, -0.05) is 23.8 Å². The Morgan fingerprint density at radius 2 is 1.86 bits per heavy atom. The third-order valence-corrected chi connectivity index (χ3v) is 2.39. The van der Waals surface area contributed by atoms with Crippen molar-refractivity contribution in [2.24, 2.45) is 5.73 Å². The predicted molar refractivity (Wildman–Crippen MR) is 63.6 cm³/mol. The van der Waals surface area contributed by atoms with E-state index in [0.717, 1.165) is 11.4 Å². The van der Waals surface area contributed by atoms with Crippen LogP contribution in [0.25, 0.3) is 6.08 Å². The first-order valence-electron chi connectivity index (χ1n) is 4.78. The minimum Gasteiger partial charge on any atom is -0.330 e. The van der Waals surface area contributed by atoms with Gasteiger partial charge in [0, 0.05) is 5.02 Å². The molecule has 0 heterocycles. The van der Waals surface area contributed by atoms with Crippen molar-refractivity contribution in [2.75, 3.05) is 6.54 Å². The van der Waals surface area contributed by atoms with Crippen molar-refractivity contribution in [3.8, 4) is 0 Å². The van der Waals surface area contributed by atoms with Gasteiger partial charge in [-0.15, -0.1) is 0 Å². The first-order chi connectivity index (χ1) is 6.65. The summed E-state index contributed by atoms with van der Waals surface area (Å²) >= 11 is 5.94. The van der Waals surface area contributed by atoms with Gasteiger partial charge in [-0.25, -0.2) is 0 Å². The lowest BCUT2D eigenvalue weighted by Gasteiger charge is -2.05. The van der Waals surface area contributed by atoms with Crippen LogP contribution in [0.5, 0.6) is 0 Å². The molecule has 0 aliphatic rings. The van der Waals surface area contributed by atoms with Crippen LogP contribution in [0.4, 0.5) is 0 Å². The zero-order valence-corrected chi connectivity index (χ0v) is 9.43. The van der Waals surface area contributed by atoms with Gasteiger partial charge in [0.1, 0.15) is 0 Å². The normalized spacial score (nSPS) is 11.1. The number of aryl methyl sites for hydroxylation is 2.